The molecule has 0 aliphatic rings. The first-order chi connectivity index (χ1) is 6.76. The van der Waals surface area contributed by atoms with Gasteiger partial charge in [-0.05, 0) is 18.9 Å². The van der Waals surface area contributed by atoms with Crippen LogP contribution in [0.2, 0.25) is 0 Å². The number of nitrogens with zero attached hydrogens (tertiary/aromatic N) is 3. The zero-order valence-corrected chi connectivity index (χ0v) is 8.47. The highest BCUT2D eigenvalue weighted by Gasteiger charge is 2.15. The van der Waals surface area contributed by atoms with Crippen LogP contribution in [0.5, 0.6) is 0 Å². The smallest absolute Gasteiger partial charge is 0.314 e. The van der Waals surface area contributed by atoms with Crippen molar-refractivity contribution in [2.75, 3.05) is 19.8 Å². The summed E-state index contributed by atoms with van der Waals surface area (Å²) in [7, 11) is 0. The molecule has 14 heavy (non-hydrogen) atoms. The molecule has 0 N–H and O–H groups in total. The third-order valence-electron chi connectivity index (χ3n) is 1.53. The van der Waals surface area contributed by atoms with Crippen LogP contribution in [0.25, 0.3) is 10.4 Å². The van der Waals surface area contributed by atoms with E-state index >= 15 is 0 Å². The molecule has 0 radical (unpaired) electrons. The lowest BCUT2D eigenvalue weighted by Gasteiger charge is -2.08. The summed E-state index contributed by atoms with van der Waals surface area (Å²) in [6, 6.07) is -0.721. The van der Waals surface area contributed by atoms with Gasteiger partial charge in [0.2, 0.25) is 0 Å². The van der Waals surface area contributed by atoms with Gasteiger partial charge in [-0.15, -0.1) is 0 Å². The van der Waals surface area contributed by atoms with Gasteiger partial charge in [-0.2, -0.15) is 0 Å². The van der Waals surface area contributed by atoms with E-state index in [0.29, 0.717) is 19.6 Å². The van der Waals surface area contributed by atoms with Gasteiger partial charge in [-0.1, -0.05) is 12.0 Å². The van der Waals surface area contributed by atoms with E-state index in [1.165, 1.54) is 0 Å². The highest BCUT2D eigenvalue weighted by atomic mass is 16.6. The van der Waals surface area contributed by atoms with Crippen molar-refractivity contribution in [1.82, 2.24) is 0 Å². The minimum atomic E-state index is -0.721. The molecule has 0 bridgehead atoms. The number of ether oxygens (including phenoxy) is 2. The minimum absolute atomic E-state index is 0.199. The molecule has 0 heterocycles. The van der Waals surface area contributed by atoms with Crippen molar-refractivity contribution >= 4 is 5.97 Å². The molecule has 0 spiro atoms. The highest BCUT2D eigenvalue weighted by Crippen LogP contribution is 2.00. The maximum absolute atomic E-state index is 11.2. The van der Waals surface area contributed by atoms with Crippen LogP contribution in [0.1, 0.15) is 20.3 Å². The minimum Gasteiger partial charge on any atom is -0.463 e. The van der Waals surface area contributed by atoms with Crippen molar-refractivity contribution in [3.63, 3.8) is 0 Å². The summed E-state index contributed by atoms with van der Waals surface area (Å²) in [5.41, 5.74) is 8.15. The van der Waals surface area contributed by atoms with Gasteiger partial charge in [0.1, 0.15) is 12.6 Å². The van der Waals surface area contributed by atoms with Crippen molar-refractivity contribution < 1.29 is 14.3 Å². The van der Waals surface area contributed by atoms with Gasteiger partial charge in [0, 0.05) is 11.5 Å². The van der Waals surface area contributed by atoms with Crippen molar-refractivity contribution in [2.45, 2.75) is 26.3 Å². The van der Waals surface area contributed by atoms with Crippen LogP contribution >= 0.6 is 0 Å². The zero-order chi connectivity index (χ0) is 10.8. The molecule has 0 rings (SSSR count). The van der Waals surface area contributed by atoms with E-state index in [2.05, 4.69) is 10.0 Å². The molecule has 0 amide bonds. The van der Waals surface area contributed by atoms with E-state index < -0.39 is 12.0 Å². The average molecular weight is 201 g/mol. The van der Waals surface area contributed by atoms with E-state index in [9.17, 15) is 4.79 Å². The van der Waals surface area contributed by atoms with Gasteiger partial charge >= 0.3 is 5.97 Å². The normalized spacial score (nSPS) is 11.6. The molecule has 0 saturated heterocycles. The quantitative estimate of drug-likeness (QED) is 0.206. The molecule has 6 nitrogen and oxygen atoms in total. The number of rotatable bonds is 7. The largest absolute Gasteiger partial charge is 0.463 e. The van der Waals surface area contributed by atoms with Crippen molar-refractivity contribution in [3.05, 3.63) is 10.4 Å². The van der Waals surface area contributed by atoms with E-state index in [0.717, 1.165) is 0 Å². The fourth-order valence-electron chi connectivity index (χ4n) is 0.800. The summed E-state index contributed by atoms with van der Waals surface area (Å²) in [5.74, 6) is -0.495. The first-order valence-electron chi connectivity index (χ1n) is 4.54. The molecule has 1 atom stereocenters. The molecule has 0 aliphatic carbocycles. The Labute approximate surface area is 82.8 Å². The maximum atomic E-state index is 11.2. The summed E-state index contributed by atoms with van der Waals surface area (Å²) in [6.45, 7) is 4.77. The van der Waals surface area contributed by atoms with Crippen LogP contribution in [0, 0.1) is 0 Å². The number of carbonyl (C=O) groups excluding carboxylic acids is 1. The number of azide groups is 1. The summed E-state index contributed by atoms with van der Waals surface area (Å²) in [4.78, 5) is 13.7. The van der Waals surface area contributed by atoms with Crippen LogP contribution in [0.4, 0.5) is 0 Å². The van der Waals surface area contributed by atoms with E-state index in [1.54, 1.807) is 6.92 Å². The number of hydrogen-bond acceptors (Lipinski definition) is 4. The van der Waals surface area contributed by atoms with Gasteiger partial charge in [0.05, 0.1) is 6.61 Å². The zero-order valence-electron chi connectivity index (χ0n) is 8.47. The Morgan fingerprint density at radius 2 is 2.21 bits per heavy atom. The summed E-state index contributed by atoms with van der Waals surface area (Å²) in [5, 5.41) is 3.31. The van der Waals surface area contributed by atoms with E-state index in [-0.39, 0.29) is 6.61 Å². The van der Waals surface area contributed by atoms with Gasteiger partial charge in [-0.3, -0.25) is 4.79 Å². The monoisotopic (exact) mass is 201 g/mol. The molecule has 0 fully saturated rings. The van der Waals surface area contributed by atoms with Crippen molar-refractivity contribution in [3.8, 4) is 0 Å². The average Bonchev–Trinajstić information content (AvgIpc) is 2.20. The van der Waals surface area contributed by atoms with Crippen LogP contribution in [0.15, 0.2) is 5.11 Å². The lowest BCUT2D eigenvalue weighted by molar-refractivity contribution is -0.146. The lowest BCUT2D eigenvalue weighted by atomic mass is 10.2. The molecule has 6 heteroatoms. The third-order valence-corrected chi connectivity index (χ3v) is 1.53. The predicted octanol–water partition coefficient (Wildman–Crippen LogP) is 1.66. The van der Waals surface area contributed by atoms with Crippen LogP contribution in [-0.2, 0) is 14.3 Å². The summed E-state index contributed by atoms with van der Waals surface area (Å²) < 4.78 is 9.80. The number of hydrogen-bond donors (Lipinski definition) is 0. The van der Waals surface area contributed by atoms with E-state index in [1.807, 2.05) is 6.92 Å². The van der Waals surface area contributed by atoms with Crippen LogP contribution < -0.4 is 0 Å². The molecule has 0 aliphatic heterocycles. The SMILES string of the molecule is CCOCCOC(=O)C(CC)N=[N+]=[N-]. The molecular formula is C8H15N3O3. The topological polar surface area (TPSA) is 84.3 Å². The molecule has 0 aromatic heterocycles. The molecule has 80 valence electrons. The summed E-state index contributed by atoms with van der Waals surface area (Å²) >= 11 is 0. The first kappa shape index (κ1) is 12.7. The van der Waals surface area contributed by atoms with Crippen molar-refractivity contribution in [2.24, 2.45) is 5.11 Å². The molecule has 1 unspecified atom stereocenters. The second kappa shape index (κ2) is 8.34. The Bertz CT molecular complexity index is 214. The third kappa shape index (κ3) is 5.40. The molecule has 0 saturated carbocycles. The van der Waals surface area contributed by atoms with Crippen LogP contribution in [0.3, 0.4) is 0 Å². The van der Waals surface area contributed by atoms with Gasteiger partial charge in [-0.25, -0.2) is 0 Å². The second-order valence-corrected chi connectivity index (χ2v) is 2.49. The first-order valence-corrected chi connectivity index (χ1v) is 4.54. The number of esters is 1. The molecular weight excluding hydrogens is 186 g/mol. The molecule has 0 aromatic rings. The van der Waals surface area contributed by atoms with Gasteiger partial charge in [0.25, 0.3) is 0 Å². The fourth-order valence-corrected chi connectivity index (χ4v) is 0.800. The maximum Gasteiger partial charge on any atom is 0.314 e. The fraction of sp³-hybridized carbons (Fsp3) is 0.875. The van der Waals surface area contributed by atoms with Gasteiger partial charge in [0.15, 0.2) is 0 Å². The Morgan fingerprint density at radius 3 is 2.71 bits per heavy atom. The predicted molar refractivity (Wildman–Crippen MR) is 50.7 cm³/mol. The van der Waals surface area contributed by atoms with E-state index in [4.69, 9.17) is 15.0 Å². The summed E-state index contributed by atoms with van der Waals surface area (Å²) in [6.07, 6.45) is 0.442. The highest BCUT2D eigenvalue weighted by molar-refractivity contribution is 5.75. The Morgan fingerprint density at radius 1 is 1.50 bits per heavy atom. The van der Waals surface area contributed by atoms with Crippen LogP contribution in [-0.4, -0.2) is 31.8 Å². The number of carbonyl (C=O) groups is 1. The Balaban J connectivity index is 3.75. The van der Waals surface area contributed by atoms with Crippen molar-refractivity contribution in [1.29, 1.82) is 0 Å². The standard InChI is InChI=1S/C8H15N3O3/c1-3-7(10-11-9)8(12)14-6-5-13-4-2/h7H,3-6H2,1-2H3. The lowest BCUT2D eigenvalue weighted by Crippen LogP contribution is -2.22. The van der Waals surface area contributed by atoms with Gasteiger partial charge < -0.3 is 9.47 Å². The molecule has 0 aromatic carbocycles. The Hall–Kier alpha value is -1.26. The second-order valence-electron chi connectivity index (χ2n) is 2.49. The Kier molecular flexibility index (Phi) is 7.59.